The minimum Gasteiger partial charge on any atom is -0.355 e. The molecule has 1 saturated heterocycles. The molecule has 0 radical (unpaired) electrons. The van der Waals surface area contributed by atoms with Crippen molar-refractivity contribution in [2.45, 2.75) is 33.2 Å². The summed E-state index contributed by atoms with van der Waals surface area (Å²) in [5.41, 5.74) is 3.70. The van der Waals surface area contributed by atoms with E-state index in [2.05, 4.69) is 64.8 Å². The van der Waals surface area contributed by atoms with Gasteiger partial charge >= 0.3 is 0 Å². The van der Waals surface area contributed by atoms with Crippen LogP contribution in [0.25, 0.3) is 10.1 Å². The zero-order valence-electron chi connectivity index (χ0n) is 15.9. The number of benzene rings is 1. The quantitative estimate of drug-likeness (QED) is 0.729. The molecule has 5 heteroatoms. The molecule has 0 spiro atoms. The Morgan fingerprint density at radius 3 is 3.00 bits per heavy atom. The van der Waals surface area contributed by atoms with E-state index < -0.39 is 0 Å². The van der Waals surface area contributed by atoms with Crippen molar-refractivity contribution < 1.29 is 4.79 Å². The van der Waals surface area contributed by atoms with Gasteiger partial charge in [-0.2, -0.15) is 0 Å². The molecule has 1 amide bonds. The Morgan fingerprint density at radius 1 is 1.26 bits per heavy atom. The molecular formula is C22H25N3OS. The molecule has 3 aromatic rings. The SMILES string of the molecule is Cc1ccc(CNC(=O)[C@@H]2CCCN(c3nccc4sccc34)C2)cc1C. The fourth-order valence-corrected chi connectivity index (χ4v) is 4.54. The molecule has 27 heavy (non-hydrogen) atoms. The lowest BCUT2D eigenvalue weighted by atomic mass is 9.96. The van der Waals surface area contributed by atoms with Gasteiger partial charge in [-0.25, -0.2) is 4.98 Å². The number of aromatic nitrogens is 1. The first-order valence-corrected chi connectivity index (χ1v) is 10.4. The second-order valence-corrected chi connectivity index (χ2v) is 8.34. The number of thiophene rings is 1. The molecule has 1 fully saturated rings. The number of nitrogens with one attached hydrogen (secondary N) is 1. The lowest BCUT2D eigenvalue weighted by Gasteiger charge is -2.33. The Kier molecular flexibility index (Phi) is 5.12. The van der Waals surface area contributed by atoms with Crippen molar-refractivity contribution in [3.8, 4) is 0 Å². The molecule has 0 unspecified atom stereocenters. The van der Waals surface area contributed by atoms with Gasteiger partial charge in [-0.05, 0) is 60.9 Å². The van der Waals surface area contributed by atoms with Crippen LogP contribution in [0.2, 0.25) is 0 Å². The van der Waals surface area contributed by atoms with E-state index in [1.165, 1.54) is 21.2 Å². The summed E-state index contributed by atoms with van der Waals surface area (Å²) in [6, 6.07) is 10.6. The number of aryl methyl sites for hydroxylation is 2. The Balaban J connectivity index is 1.42. The predicted octanol–water partition coefficient (Wildman–Crippen LogP) is 4.45. The third-order valence-electron chi connectivity index (χ3n) is 5.49. The van der Waals surface area contributed by atoms with Crippen molar-refractivity contribution in [2.75, 3.05) is 18.0 Å². The van der Waals surface area contributed by atoms with Crippen molar-refractivity contribution in [2.24, 2.45) is 5.92 Å². The van der Waals surface area contributed by atoms with Crippen LogP contribution in [0, 0.1) is 19.8 Å². The number of amides is 1. The monoisotopic (exact) mass is 379 g/mol. The van der Waals surface area contributed by atoms with E-state index in [-0.39, 0.29) is 11.8 Å². The van der Waals surface area contributed by atoms with Crippen LogP contribution < -0.4 is 10.2 Å². The summed E-state index contributed by atoms with van der Waals surface area (Å²) in [4.78, 5) is 19.6. The van der Waals surface area contributed by atoms with Crippen LogP contribution in [-0.2, 0) is 11.3 Å². The summed E-state index contributed by atoms with van der Waals surface area (Å²) in [6.07, 6.45) is 3.83. The summed E-state index contributed by atoms with van der Waals surface area (Å²) < 4.78 is 1.25. The van der Waals surface area contributed by atoms with Gasteiger partial charge < -0.3 is 10.2 Å². The van der Waals surface area contributed by atoms with Crippen LogP contribution in [0.15, 0.2) is 41.9 Å². The van der Waals surface area contributed by atoms with Crippen LogP contribution in [0.4, 0.5) is 5.82 Å². The maximum Gasteiger partial charge on any atom is 0.225 e. The first-order chi connectivity index (χ1) is 13.1. The summed E-state index contributed by atoms with van der Waals surface area (Å²) >= 11 is 1.73. The predicted molar refractivity (Wildman–Crippen MR) is 112 cm³/mol. The molecule has 0 saturated carbocycles. The number of hydrogen-bond acceptors (Lipinski definition) is 4. The van der Waals surface area contributed by atoms with Gasteiger partial charge in [-0.1, -0.05) is 18.2 Å². The second kappa shape index (κ2) is 7.69. The van der Waals surface area contributed by atoms with Crippen LogP contribution in [0.3, 0.4) is 0 Å². The number of carbonyl (C=O) groups is 1. The highest BCUT2D eigenvalue weighted by Crippen LogP contribution is 2.31. The second-order valence-electron chi connectivity index (χ2n) is 7.39. The van der Waals surface area contributed by atoms with Gasteiger partial charge in [0.15, 0.2) is 0 Å². The normalized spacial score (nSPS) is 17.3. The molecule has 0 aliphatic carbocycles. The van der Waals surface area contributed by atoms with Gasteiger partial charge in [0, 0.05) is 35.9 Å². The number of hydrogen-bond donors (Lipinski definition) is 1. The average Bonchev–Trinajstić information content (AvgIpc) is 3.17. The Labute approximate surface area is 164 Å². The highest BCUT2D eigenvalue weighted by molar-refractivity contribution is 7.17. The third kappa shape index (κ3) is 3.83. The van der Waals surface area contributed by atoms with Gasteiger partial charge in [0.1, 0.15) is 5.82 Å². The third-order valence-corrected chi connectivity index (χ3v) is 6.37. The molecule has 1 aliphatic rings. The number of piperidine rings is 1. The van der Waals surface area contributed by atoms with E-state index in [1.807, 2.05) is 6.20 Å². The van der Waals surface area contributed by atoms with E-state index in [0.717, 1.165) is 37.3 Å². The van der Waals surface area contributed by atoms with Crippen LogP contribution in [0.5, 0.6) is 0 Å². The minimum atomic E-state index is 0.0148. The molecule has 140 valence electrons. The number of pyridine rings is 1. The molecule has 1 aliphatic heterocycles. The van der Waals surface area contributed by atoms with E-state index in [0.29, 0.717) is 6.54 Å². The largest absolute Gasteiger partial charge is 0.355 e. The number of nitrogens with zero attached hydrogens (tertiary/aromatic N) is 2. The fourth-order valence-electron chi connectivity index (χ4n) is 3.76. The molecule has 3 heterocycles. The van der Waals surface area contributed by atoms with Gasteiger partial charge in [-0.15, -0.1) is 11.3 Å². The molecule has 4 rings (SSSR count). The molecule has 1 atom stereocenters. The van der Waals surface area contributed by atoms with Crippen LogP contribution in [-0.4, -0.2) is 24.0 Å². The van der Waals surface area contributed by atoms with Gasteiger partial charge in [0.2, 0.25) is 5.91 Å². The van der Waals surface area contributed by atoms with Crippen molar-refractivity contribution >= 4 is 33.1 Å². The molecule has 4 nitrogen and oxygen atoms in total. The molecule has 0 bridgehead atoms. The van der Waals surface area contributed by atoms with Gasteiger partial charge in [0.05, 0.1) is 5.92 Å². The van der Waals surface area contributed by atoms with Crippen molar-refractivity contribution in [1.82, 2.24) is 10.3 Å². The molecule has 1 N–H and O–H groups in total. The maximum absolute atomic E-state index is 12.8. The van der Waals surface area contributed by atoms with Crippen LogP contribution >= 0.6 is 11.3 Å². The molecule has 1 aromatic carbocycles. The Bertz CT molecular complexity index is 965. The van der Waals surface area contributed by atoms with E-state index in [4.69, 9.17) is 0 Å². The number of anilines is 1. The topological polar surface area (TPSA) is 45.2 Å². The number of carbonyl (C=O) groups excluding carboxylic acids is 1. The first kappa shape index (κ1) is 18.0. The highest BCUT2D eigenvalue weighted by atomic mass is 32.1. The lowest BCUT2D eigenvalue weighted by Crippen LogP contribution is -2.43. The highest BCUT2D eigenvalue weighted by Gasteiger charge is 2.27. The smallest absolute Gasteiger partial charge is 0.225 e. The molecular weight excluding hydrogens is 354 g/mol. The van der Waals surface area contributed by atoms with Crippen LogP contribution in [0.1, 0.15) is 29.5 Å². The van der Waals surface area contributed by atoms with Crippen molar-refractivity contribution in [3.05, 3.63) is 58.6 Å². The lowest BCUT2D eigenvalue weighted by molar-refractivity contribution is -0.125. The summed E-state index contributed by atoms with van der Waals surface area (Å²) in [6.45, 7) is 6.51. The Morgan fingerprint density at radius 2 is 2.15 bits per heavy atom. The minimum absolute atomic E-state index is 0.0148. The zero-order valence-corrected chi connectivity index (χ0v) is 16.7. The standard InChI is InChI=1S/C22H25N3OS/c1-15-5-6-17(12-16(15)2)13-24-22(26)18-4-3-10-25(14-18)21-19-8-11-27-20(19)7-9-23-21/h5-9,11-12,18H,3-4,10,13-14H2,1-2H3,(H,24,26)/t18-/m1/s1. The number of fused-ring (bicyclic) bond motifs is 1. The summed E-state index contributed by atoms with van der Waals surface area (Å²) in [7, 11) is 0. The molecule has 2 aromatic heterocycles. The Hall–Kier alpha value is -2.40. The van der Waals surface area contributed by atoms with E-state index in [1.54, 1.807) is 11.3 Å². The maximum atomic E-state index is 12.8. The van der Waals surface area contributed by atoms with Gasteiger partial charge in [-0.3, -0.25) is 4.79 Å². The first-order valence-electron chi connectivity index (χ1n) is 9.53. The zero-order chi connectivity index (χ0) is 18.8. The fraction of sp³-hybridized carbons (Fsp3) is 0.364. The number of rotatable bonds is 4. The van der Waals surface area contributed by atoms with E-state index in [9.17, 15) is 4.79 Å². The van der Waals surface area contributed by atoms with Crippen molar-refractivity contribution in [1.29, 1.82) is 0 Å². The average molecular weight is 380 g/mol. The summed E-state index contributed by atoms with van der Waals surface area (Å²) in [5.74, 6) is 1.18. The van der Waals surface area contributed by atoms with Gasteiger partial charge in [0.25, 0.3) is 0 Å². The van der Waals surface area contributed by atoms with E-state index >= 15 is 0 Å². The van der Waals surface area contributed by atoms with Crippen molar-refractivity contribution in [3.63, 3.8) is 0 Å². The summed E-state index contributed by atoms with van der Waals surface area (Å²) in [5, 5.41) is 6.43.